The Balaban J connectivity index is 1.80. The molecule has 1 unspecified atom stereocenters. The third-order valence-corrected chi connectivity index (χ3v) is 6.34. The highest BCUT2D eigenvalue weighted by Gasteiger charge is 2.25. The molecule has 0 saturated heterocycles. The van der Waals surface area contributed by atoms with Gasteiger partial charge in [0.1, 0.15) is 10.7 Å². The van der Waals surface area contributed by atoms with Crippen molar-refractivity contribution >= 4 is 32.9 Å². The summed E-state index contributed by atoms with van der Waals surface area (Å²) in [6.45, 7) is 7.04. The topological polar surface area (TPSA) is 75.0 Å². The lowest BCUT2D eigenvalue weighted by Crippen LogP contribution is -2.34. The molecule has 3 N–H and O–H groups in total. The summed E-state index contributed by atoms with van der Waals surface area (Å²) in [6.07, 6.45) is 2.05. The van der Waals surface area contributed by atoms with Gasteiger partial charge in [0.25, 0.3) is 5.56 Å². The van der Waals surface area contributed by atoms with Crippen molar-refractivity contribution in [1.82, 2.24) is 9.97 Å². The fourth-order valence-corrected chi connectivity index (χ4v) is 4.74. The number of nitrogens with two attached hydrogens (primary N) is 1. The van der Waals surface area contributed by atoms with Crippen molar-refractivity contribution in [3.63, 3.8) is 0 Å². The van der Waals surface area contributed by atoms with Crippen LogP contribution < -0.4 is 16.2 Å². The van der Waals surface area contributed by atoms with Crippen LogP contribution in [0.3, 0.4) is 0 Å². The quantitative estimate of drug-likeness (QED) is 0.688. The van der Waals surface area contributed by atoms with Crippen LogP contribution in [0.25, 0.3) is 10.2 Å². The molecule has 25 heavy (non-hydrogen) atoms. The van der Waals surface area contributed by atoms with Gasteiger partial charge in [-0.15, -0.1) is 11.3 Å². The molecule has 1 aliphatic heterocycles. The van der Waals surface area contributed by atoms with Crippen LogP contribution in [0.5, 0.6) is 0 Å². The fourth-order valence-electron chi connectivity index (χ4n) is 3.70. The minimum absolute atomic E-state index is 0.0133. The third kappa shape index (κ3) is 2.52. The van der Waals surface area contributed by atoms with Gasteiger partial charge in [0, 0.05) is 22.8 Å². The maximum Gasteiger partial charge on any atom is 0.259 e. The van der Waals surface area contributed by atoms with Crippen molar-refractivity contribution in [2.45, 2.75) is 39.7 Å². The van der Waals surface area contributed by atoms with E-state index in [4.69, 9.17) is 10.7 Å². The van der Waals surface area contributed by atoms with Gasteiger partial charge in [-0.05, 0) is 56.9 Å². The Morgan fingerprint density at radius 2 is 2.16 bits per heavy atom. The molecular formula is C19H22N4OS. The first-order chi connectivity index (χ1) is 12.0. The maximum absolute atomic E-state index is 12.6. The Hall–Kier alpha value is -2.34. The number of rotatable bonds is 2. The molecule has 0 amide bonds. The van der Waals surface area contributed by atoms with E-state index in [1.165, 1.54) is 5.56 Å². The number of nitrogens with one attached hydrogen (secondary N) is 1. The lowest BCUT2D eigenvalue weighted by Gasteiger charge is -2.36. The van der Waals surface area contributed by atoms with E-state index in [1.807, 2.05) is 26.0 Å². The predicted octanol–water partition coefficient (Wildman–Crippen LogP) is 3.70. The van der Waals surface area contributed by atoms with E-state index >= 15 is 0 Å². The molecule has 2 aromatic heterocycles. The first-order valence-corrected chi connectivity index (χ1v) is 9.43. The van der Waals surface area contributed by atoms with Gasteiger partial charge < -0.3 is 15.6 Å². The van der Waals surface area contributed by atoms with Crippen molar-refractivity contribution in [3.05, 3.63) is 50.4 Å². The molecule has 1 aromatic carbocycles. The molecule has 1 aliphatic rings. The number of aromatic nitrogens is 2. The summed E-state index contributed by atoms with van der Waals surface area (Å²) in [5, 5.41) is 0.724. The van der Waals surface area contributed by atoms with Crippen LogP contribution >= 0.6 is 11.3 Å². The van der Waals surface area contributed by atoms with Gasteiger partial charge in [0.15, 0.2) is 0 Å². The molecule has 0 bridgehead atoms. The van der Waals surface area contributed by atoms with E-state index in [1.54, 1.807) is 11.3 Å². The summed E-state index contributed by atoms with van der Waals surface area (Å²) >= 11 is 1.59. The predicted molar refractivity (Wildman–Crippen MR) is 105 cm³/mol. The highest BCUT2D eigenvalue weighted by atomic mass is 32.1. The van der Waals surface area contributed by atoms with Crippen LogP contribution in [-0.4, -0.2) is 16.5 Å². The maximum atomic E-state index is 12.6. The van der Waals surface area contributed by atoms with Crippen molar-refractivity contribution in [2.24, 2.45) is 0 Å². The van der Waals surface area contributed by atoms with E-state index in [0.29, 0.717) is 5.82 Å². The van der Waals surface area contributed by atoms with Gasteiger partial charge in [0.05, 0.1) is 11.4 Å². The second-order valence-corrected chi connectivity index (χ2v) is 7.94. The van der Waals surface area contributed by atoms with Gasteiger partial charge in [-0.25, -0.2) is 4.98 Å². The molecule has 0 saturated carbocycles. The Bertz CT molecular complexity index is 1020. The number of thiophene rings is 1. The molecule has 0 radical (unpaired) electrons. The number of anilines is 2. The van der Waals surface area contributed by atoms with Crippen LogP contribution in [0, 0.1) is 13.8 Å². The van der Waals surface area contributed by atoms with E-state index < -0.39 is 0 Å². The van der Waals surface area contributed by atoms with Crippen LogP contribution in [0.2, 0.25) is 0 Å². The van der Waals surface area contributed by atoms with Crippen LogP contribution in [0.15, 0.2) is 23.0 Å². The van der Waals surface area contributed by atoms with Gasteiger partial charge in [-0.3, -0.25) is 4.79 Å². The number of benzene rings is 1. The first kappa shape index (κ1) is 16.1. The SMILES string of the molecule is Cc1sc2nc(C(C)N3CCCc4c(N)cccc43)[nH]c(=O)c2c1C. The Kier molecular flexibility index (Phi) is 3.80. The molecule has 0 spiro atoms. The van der Waals surface area contributed by atoms with Gasteiger partial charge in [-0.2, -0.15) is 0 Å². The number of H-pyrrole nitrogens is 1. The van der Waals surface area contributed by atoms with Crippen molar-refractivity contribution in [1.29, 1.82) is 0 Å². The molecule has 130 valence electrons. The number of aromatic amines is 1. The van der Waals surface area contributed by atoms with E-state index in [-0.39, 0.29) is 11.6 Å². The number of nitrogens with zero attached hydrogens (tertiary/aromatic N) is 2. The number of aryl methyl sites for hydroxylation is 2. The molecule has 1 atom stereocenters. The normalized spacial score (nSPS) is 15.4. The number of hydrogen-bond donors (Lipinski definition) is 2. The summed E-state index contributed by atoms with van der Waals surface area (Å²) in [6, 6.07) is 6.04. The highest BCUT2D eigenvalue weighted by molar-refractivity contribution is 7.18. The van der Waals surface area contributed by atoms with Gasteiger partial charge in [-0.1, -0.05) is 6.07 Å². The second-order valence-electron chi connectivity index (χ2n) is 6.73. The van der Waals surface area contributed by atoms with Crippen molar-refractivity contribution < 1.29 is 0 Å². The molecule has 0 aliphatic carbocycles. The molecule has 4 rings (SSSR count). The molecular weight excluding hydrogens is 332 g/mol. The average Bonchev–Trinajstić information content (AvgIpc) is 2.89. The van der Waals surface area contributed by atoms with E-state index in [0.717, 1.165) is 51.4 Å². The minimum atomic E-state index is -0.0430. The van der Waals surface area contributed by atoms with Crippen molar-refractivity contribution in [2.75, 3.05) is 17.2 Å². The van der Waals surface area contributed by atoms with Gasteiger partial charge in [0.2, 0.25) is 0 Å². The van der Waals surface area contributed by atoms with Crippen LogP contribution in [0.1, 0.15) is 41.2 Å². The fraction of sp³-hybridized carbons (Fsp3) is 0.368. The Morgan fingerprint density at radius 1 is 1.36 bits per heavy atom. The average molecular weight is 354 g/mol. The minimum Gasteiger partial charge on any atom is -0.398 e. The zero-order valence-corrected chi connectivity index (χ0v) is 15.5. The summed E-state index contributed by atoms with van der Waals surface area (Å²) < 4.78 is 0. The lowest BCUT2D eigenvalue weighted by atomic mass is 9.98. The van der Waals surface area contributed by atoms with Crippen LogP contribution in [0.4, 0.5) is 11.4 Å². The smallest absolute Gasteiger partial charge is 0.259 e. The zero-order chi connectivity index (χ0) is 17.7. The summed E-state index contributed by atoms with van der Waals surface area (Å²) in [5.41, 5.74) is 10.3. The number of nitrogen functional groups attached to an aromatic ring is 1. The van der Waals surface area contributed by atoms with Crippen molar-refractivity contribution in [3.8, 4) is 0 Å². The largest absolute Gasteiger partial charge is 0.398 e. The summed E-state index contributed by atoms with van der Waals surface area (Å²) in [5.74, 6) is 0.717. The van der Waals surface area contributed by atoms with E-state index in [9.17, 15) is 4.79 Å². The molecule has 0 fully saturated rings. The Labute approximate surface area is 150 Å². The third-order valence-electron chi connectivity index (χ3n) is 5.24. The molecule has 5 nitrogen and oxygen atoms in total. The lowest BCUT2D eigenvalue weighted by molar-refractivity contribution is 0.592. The number of hydrogen-bond acceptors (Lipinski definition) is 5. The first-order valence-electron chi connectivity index (χ1n) is 8.61. The second kappa shape index (κ2) is 5.88. The summed E-state index contributed by atoms with van der Waals surface area (Å²) in [7, 11) is 0. The monoisotopic (exact) mass is 354 g/mol. The summed E-state index contributed by atoms with van der Waals surface area (Å²) in [4.78, 5) is 24.7. The van der Waals surface area contributed by atoms with Gasteiger partial charge >= 0.3 is 0 Å². The molecule has 3 aromatic rings. The molecule has 3 heterocycles. The Morgan fingerprint density at radius 3 is 2.96 bits per heavy atom. The highest BCUT2D eigenvalue weighted by Crippen LogP contribution is 2.36. The van der Waals surface area contributed by atoms with Crippen LogP contribution in [-0.2, 0) is 6.42 Å². The molecule has 6 heteroatoms. The standard InChI is InChI=1S/C19H22N4OS/c1-10-12(3)25-19-16(10)18(24)21-17(22-19)11(2)23-9-5-6-13-14(20)7-4-8-15(13)23/h4,7-8,11H,5-6,9,20H2,1-3H3,(H,21,22,24). The zero-order valence-electron chi connectivity index (χ0n) is 14.7. The number of fused-ring (bicyclic) bond motifs is 2. The van der Waals surface area contributed by atoms with E-state index in [2.05, 4.69) is 22.9 Å².